The maximum absolute atomic E-state index is 13.5. The number of aliphatic hydroxyl groups is 1. The number of hydrogen-bond donors (Lipinski definition) is 1. The molecule has 2 heterocycles. The third-order valence-electron chi connectivity index (χ3n) is 4.69. The predicted molar refractivity (Wildman–Crippen MR) is 107 cm³/mol. The van der Waals surface area contributed by atoms with Crippen LogP contribution in [0.2, 0.25) is 0 Å². The molecule has 4 rings (SSSR count). The van der Waals surface area contributed by atoms with E-state index in [9.17, 15) is 22.7 Å². The Labute approximate surface area is 171 Å². The Morgan fingerprint density at radius 1 is 1.00 bits per heavy atom. The fraction of sp³-hybridized carbons (Fsp3) is 0.0952. The number of hydrogen-bond acceptors (Lipinski definition) is 5. The average Bonchev–Trinajstić information content (AvgIpc) is 3.32. The molecule has 1 aromatic heterocycles. The molecule has 8 heteroatoms. The minimum absolute atomic E-state index is 0.0283. The Balaban J connectivity index is 1.87. The second-order valence-corrected chi connectivity index (χ2v) is 9.45. The average molecular weight is 429 g/mol. The van der Waals surface area contributed by atoms with Gasteiger partial charge in [-0.25, -0.2) is 12.8 Å². The van der Waals surface area contributed by atoms with Gasteiger partial charge in [0.15, 0.2) is 5.76 Å². The van der Waals surface area contributed by atoms with Crippen LogP contribution >= 0.6 is 11.3 Å². The molecule has 0 radical (unpaired) electrons. The first-order valence-electron chi connectivity index (χ1n) is 8.71. The molecular weight excluding hydrogens is 413 g/mol. The summed E-state index contributed by atoms with van der Waals surface area (Å²) in [6, 6.07) is 15.5. The third-order valence-corrected chi connectivity index (χ3v) is 7.44. The van der Waals surface area contributed by atoms with Crippen molar-refractivity contribution in [3.63, 3.8) is 0 Å². The monoisotopic (exact) mass is 429 g/mol. The predicted octanol–water partition coefficient (Wildman–Crippen LogP) is 4.21. The summed E-state index contributed by atoms with van der Waals surface area (Å²) in [5.41, 5.74) is 0.398. The van der Waals surface area contributed by atoms with Gasteiger partial charge < -0.3 is 10.0 Å². The van der Waals surface area contributed by atoms with E-state index >= 15 is 0 Å². The van der Waals surface area contributed by atoms with Crippen molar-refractivity contribution in [2.45, 2.75) is 17.5 Å². The van der Waals surface area contributed by atoms with E-state index in [1.807, 2.05) is 17.5 Å². The van der Waals surface area contributed by atoms with Crippen LogP contribution in [0.25, 0.3) is 0 Å². The lowest BCUT2D eigenvalue weighted by Gasteiger charge is -2.26. The number of rotatable bonds is 5. The van der Waals surface area contributed by atoms with Crippen molar-refractivity contribution in [1.82, 2.24) is 4.90 Å². The molecule has 3 aromatic rings. The van der Waals surface area contributed by atoms with E-state index in [2.05, 4.69) is 0 Å². The molecule has 1 amide bonds. The molecule has 0 aliphatic carbocycles. The van der Waals surface area contributed by atoms with Crippen LogP contribution in [0.5, 0.6) is 0 Å². The van der Waals surface area contributed by atoms with Gasteiger partial charge in [0.2, 0.25) is 9.84 Å². The summed E-state index contributed by atoms with van der Waals surface area (Å²) >= 11 is 1.41. The number of thiophene rings is 1. The molecule has 1 unspecified atom stereocenters. The lowest BCUT2D eigenvalue weighted by Crippen LogP contribution is -2.30. The normalized spacial score (nSPS) is 17.2. The quantitative estimate of drug-likeness (QED) is 0.659. The highest BCUT2D eigenvalue weighted by Gasteiger charge is 2.46. The van der Waals surface area contributed by atoms with Gasteiger partial charge in [-0.05, 0) is 41.3 Å². The van der Waals surface area contributed by atoms with Crippen molar-refractivity contribution in [3.8, 4) is 0 Å². The Morgan fingerprint density at radius 3 is 2.31 bits per heavy atom. The van der Waals surface area contributed by atoms with Crippen LogP contribution in [-0.4, -0.2) is 24.3 Å². The Hall–Kier alpha value is -2.97. The van der Waals surface area contributed by atoms with Crippen molar-refractivity contribution in [3.05, 3.63) is 99.0 Å². The van der Waals surface area contributed by atoms with Crippen LogP contribution in [0.15, 0.2) is 87.7 Å². The van der Waals surface area contributed by atoms with E-state index in [1.165, 1.54) is 52.6 Å². The molecule has 0 spiro atoms. The summed E-state index contributed by atoms with van der Waals surface area (Å²) in [6.45, 7) is 0.121. The fourth-order valence-electron chi connectivity index (χ4n) is 3.34. The molecule has 0 saturated heterocycles. The van der Waals surface area contributed by atoms with Gasteiger partial charge in [-0.2, -0.15) is 0 Å². The van der Waals surface area contributed by atoms with E-state index < -0.39 is 38.3 Å². The summed E-state index contributed by atoms with van der Waals surface area (Å²) in [7, 11) is -4.16. The van der Waals surface area contributed by atoms with Crippen LogP contribution in [0, 0.1) is 5.82 Å². The summed E-state index contributed by atoms with van der Waals surface area (Å²) in [6.07, 6.45) is 0. The number of aliphatic hydroxyl groups excluding tert-OH is 1. The Morgan fingerprint density at radius 2 is 1.69 bits per heavy atom. The van der Waals surface area contributed by atoms with Gasteiger partial charge in [-0.3, -0.25) is 4.79 Å². The van der Waals surface area contributed by atoms with Gasteiger partial charge in [0.1, 0.15) is 10.7 Å². The SMILES string of the molecule is O=C1C(O)=C(S(=O)(=O)c2ccccc2)C(c2ccc(F)cc2)N1Cc1cccs1. The fourth-order valence-corrected chi connectivity index (χ4v) is 5.71. The summed E-state index contributed by atoms with van der Waals surface area (Å²) < 4.78 is 40.1. The molecule has 0 fully saturated rings. The zero-order valence-corrected chi connectivity index (χ0v) is 16.7. The molecule has 0 saturated carbocycles. The zero-order valence-electron chi connectivity index (χ0n) is 15.0. The number of carbonyl (C=O) groups excluding carboxylic acids is 1. The molecule has 2 aromatic carbocycles. The highest BCUT2D eigenvalue weighted by atomic mass is 32.2. The molecule has 29 heavy (non-hydrogen) atoms. The number of halogens is 1. The number of sulfone groups is 1. The van der Waals surface area contributed by atoms with E-state index in [0.29, 0.717) is 5.56 Å². The van der Waals surface area contributed by atoms with Crippen LogP contribution in [0.1, 0.15) is 16.5 Å². The largest absolute Gasteiger partial charge is 0.502 e. The second kappa shape index (κ2) is 7.46. The van der Waals surface area contributed by atoms with Gasteiger partial charge in [0.05, 0.1) is 17.5 Å². The third kappa shape index (κ3) is 3.45. The van der Waals surface area contributed by atoms with Crippen molar-refractivity contribution in [2.75, 3.05) is 0 Å². The topological polar surface area (TPSA) is 74.7 Å². The molecular formula is C21H16FNO4S2. The van der Waals surface area contributed by atoms with E-state index in [1.54, 1.807) is 18.2 Å². The van der Waals surface area contributed by atoms with Gasteiger partial charge in [0.25, 0.3) is 5.91 Å². The first-order chi connectivity index (χ1) is 13.9. The van der Waals surface area contributed by atoms with Gasteiger partial charge >= 0.3 is 0 Å². The van der Waals surface area contributed by atoms with E-state index in [-0.39, 0.29) is 11.4 Å². The van der Waals surface area contributed by atoms with E-state index in [4.69, 9.17) is 0 Å². The minimum Gasteiger partial charge on any atom is -0.502 e. The summed E-state index contributed by atoms with van der Waals surface area (Å²) in [4.78, 5) is 14.6. The van der Waals surface area contributed by atoms with Crippen molar-refractivity contribution >= 4 is 27.1 Å². The molecule has 1 aliphatic rings. The molecule has 148 valence electrons. The first-order valence-corrected chi connectivity index (χ1v) is 11.1. The van der Waals surface area contributed by atoms with Crippen LogP contribution in [-0.2, 0) is 21.2 Å². The maximum atomic E-state index is 13.5. The summed E-state index contributed by atoms with van der Waals surface area (Å²) in [5.74, 6) is -2.06. The smallest absolute Gasteiger partial charge is 0.290 e. The number of amides is 1. The van der Waals surface area contributed by atoms with Crippen molar-refractivity contribution < 1.29 is 22.7 Å². The molecule has 1 atom stereocenters. The number of nitrogens with zero attached hydrogens (tertiary/aromatic N) is 1. The lowest BCUT2D eigenvalue weighted by molar-refractivity contribution is -0.130. The highest BCUT2D eigenvalue weighted by Crippen LogP contribution is 2.43. The zero-order chi connectivity index (χ0) is 20.6. The van der Waals surface area contributed by atoms with Crippen LogP contribution in [0.4, 0.5) is 4.39 Å². The van der Waals surface area contributed by atoms with Crippen molar-refractivity contribution in [1.29, 1.82) is 0 Å². The molecule has 1 aliphatic heterocycles. The molecule has 5 nitrogen and oxygen atoms in total. The Bertz CT molecular complexity index is 1170. The van der Waals surface area contributed by atoms with E-state index in [0.717, 1.165) is 4.88 Å². The summed E-state index contributed by atoms with van der Waals surface area (Å²) in [5, 5.41) is 12.4. The van der Waals surface area contributed by atoms with Crippen molar-refractivity contribution in [2.24, 2.45) is 0 Å². The standard InChI is InChI=1S/C21H16FNO4S2/c22-15-10-8-14(9-11-15)18-20(29(26,27)17-6-2-1-3-7-17)19(24)21(25)23(18)13-16-5-4-12-28-16/h1-12,18,24H,13H2. The van der Waals surface area contributed by atoms with Gasteiger partial charge in [-0.15, -0.1) is 11.3 Å². The second-order valence-electron chi connectivity index (χ2n) is 6.50. The Kier molecular flexibility index (Phi) is 4.97. The van der Waals surface area contributed by atoms with Gasteiger partial charge in [-0.1, -0.05) is 36.4 Å². The van der Waals surface area contributed by atoms with Crippen LogP contribution < -0.4 is 0 Å². The lowest BCUT2D eigenvalue weighted by atomic mass is 10.1. The molecule has 1 N–H and O–H groups in total. The molecule has 0 bridgehead atoms. The maximum Gasteiger partial charge on any atom is 0.290 e. The van der Waals surface area contributed by atoms with Crippen LogP contribution in [0.3, 0.4) is 0 Å². The number of benzene rings is 2. The minimum atomic E-state index is -4.16. The highest BCUT2D eigenvalue weighted by molar-refractivity contribution is 7.95. The first kappa shape index (κ1) is 19.4. The number of carbonyl (C=O) groups is 1. The van der Waals surface area contributed by atoms with Gasteiger partial charge in [0, 0.05) is 4.88 Å².